The third-order valence-corrected chi connectivity index (χ3v) is 8.56. The summed E-state index contributed by atoms with van der Waals surface area (Å²) < 4.78 is 0. The average Bonchev–Trinajstić information content (AvgIpc) is 3.06. The Morgan fingerprint density at radius 1 is 0.681 bits per heavy atom. The molecule has 0 saturated carbocycles. The van der Waals surface area contributed by atoms with Gasteiger partial charge in [0.2, 0.25) is 11.8 Å². The maximum Gasteiger partial charge on any atom is 0.320 e. The summed E-state index contributed by atoms with van der Waals surface area (Å²) in [5.41, 5.74) is 11.5. The lowest BCUT2D eigenvalue weighted by Gasteiger charge is -2.19. The number of carboxylic acids is 1. The van der Waals surface area contributed by atoms with E-state index >= 15 is 0 Å². The van der Waals surface area contributed by atoms with E-state index in [-0.39, 0.29) is 11.8 Å². The topological polar surface area (TPSA) is 148 Å². The van der Waals surface area contributed by atoms with E-state index < -0.39 is 18.1 Å². The zero-order chi connectivity index (χ0) is 34.8. The second-order valence-corrected chi connectivity index (χ2v) is 13.1. The molecule has 0 saturated heterocycles. The van der Waals surface area contributed by atoms with Crippen molar-refractivity contribution in [2.24, 2.45) is 11.5 Å². The van der Waals surface area contributed by atoms with Gasteiger partial charge in [-0.2, -0.15) is 0 Å². The molecule has 8 nitrogen and oxygen atoms in total. The molecule has 2 unspecified atom stereocenters. The zero-order valence-electron chi connectivity index (χ0n) is 30.3. The molecular weight excluding hydrogens is 588 g/mol. The van der Waals surface area contributed by atoms with Gasteiger partial charge in [-0.25, -0.2) is 0 Å². The Morgan fingerprint density at radius 2 is 1.17 bits per heavy atom. The minimum Gasteiger partial charge on any atom is -0.480 e. The smallest absolute Gasteiger partial charge is 0.320 e. The largest absolute Gasteiger partial charge is 0.480 e. The number of nitrogens with one attached hydrogen (secondary N) is 2. The highest BCUT2D eigenvalue weighted by molar-refractivity contribution is 5.87. The number of carboxylic acid groups (broad SMARTS) is 1. The van der Waals surface area contributed by atoms with Crippen LogP contribution in [0.2, 0.25) is 0 Å². The number of carbonyl (C=O) groups is 3. The predicted octanol–water partition coefficient (Wildman–Crippen LogP) is 8.20. The Labute approximate surface area is 288 Å². The van der Waals surface area contributed by atoms with E-state index in [0.29, 0.717) is 32.4 Å². The van der Waals surface area contributed by atoms with Crippen molar-refractivity contribution >= 4 is 17.8 Å². The van der Waals surface area contributed by atoms with Crippen LogP contribution in [-0.4, -0.2) is 48.1 Å². The summed E-state index contributed by atoms with van der Waals surface area (Å²) >= 11 is 0. The molecular formula is C39H72N4O4. The van der Waals surface area contributed by atoms with Gasteiger partial charge in [-0.3, -0.25) is 14.4 Å². The molecule has 0 fully saturated rings. The van der Waals surface area contributed by atoms with Crippen LogP contribution in [0.4, 0.5) is 0 Å². The van der Waals surface area contributed by atoms with Gasteiger partial charge in [0.1, 0.15) is 12.1 Å². The number of hydrogen-bond donors (Lipinski definition) is 5. The number of aliphatic carboxylic acids is 1. The van der Waals surface area contributed by atoms with E-state index in [9.17, 15) is 14.4 Å². The van der Waals surface area contributed by atoms with Crippen molar-refractivity contribution in [3.05, 3.63) is 35.9 Å². The monoisotopic (exact) mass is 661 g/mol. The van der Waals surface area contributed by atoms with Gasteiger partial charge in [0.05, 0.1) is 0 Å². The molecule has 0 aliphatic heterocycles. The second-order valence-electron chi connectivity index (χ2n) is 13.1. The van der Waals surface area contributed by atoms with Crippen molar-refractivity contribution < 1.29 is 19.5 Å². The molecule has 0 aromatic heterocycles. The third kappa shape index (κ3) is 29.4. The molecule has 1 aromatic rings. The van der Waals surface area contributed by atoms with Gasteiger partial charge in [0.25, 0.3) is 0 Å². The summed E-state index contributed by atoms with van der Waals surface area (Å²) in [5.74, 6) is -0.991. The summed E-state index contributed by atoms with van der Waals surface area (Å²) in [4.78, 5) is 35.7. The van der Waals surface area contributed by atoms with Crippen molar-refractivity contribution in [2.45, 2.75) is 180 Å². The fourth-order valence-corrected chi connectivity index (χ4v) is 5.50. The second kappa shape index (κ2) is 33.5. The molecule has 8 heteroatoms. The number of nitrogens with two attached hydrogens (primary N) is 2. The number of benzene rings is 1. The molecule has 0 radical (unpaired) electrons. The summed E-state index contributed by atoms with van der Waals surface area (Å²) in [7, 11) is 0. The molecule has 0 aliphatic rings. The van der Waals surface area contributed by atoms with Crippen LogP contribution in [0.3, 0.4) is 0 Å². The maximum absolute atomic E-state index is 12.9. The van der Waals surface area contributed by atoms with Crippen LogP contribution in [0, 0.1) is 0 Å². The van der Waals surface area contributed by atoms with Gasteiger partial charge in [-0.1, -0.05) is 160 Å². The van der Waals surface area contributed by atoms with Gasteiger partial charge in [0.15, 0.2) is 0 Å². The molecule has 0 spiro atoms. The van der Waals surface area contributed by atoms with Gasteiger partial charge < -0.3 is 27.2 Å². The standard InChI is InChI=1S/C33H58N2O2.C6H14N2O2/c1-3-5-7-9-11-13-15-17-19-24-28-34-33(37)31(29-30-25-21-20-22-26-30)35-32(36)27-23-18-16-14-12-10-8-6-4-2;7-4-2-1-3-5(8)6(9)10/h20-22,25-26,31H,3-19,23-24,27-29H2,1-2H3,(H,34,37)(H,35,36);5H,1-4,7-8H2,(H,9,10). The summed E-state index contributed by atoms with van der Waals surface area (Å²) in [5, 5.41) is 14.4. The normalized spacial score (nSPS) is 12.1. The first-order chi connectivity index (χ1) is 22.8. The average molecular weight is 661 g/mol. The molecule has 2 atom stereocenters. The predicted molar refractivity (Wildman–Crippen MR) is 197 cm³/mol. The van der Waals surface area contributed by atoms with E-state index in [1.807, 2.05) is 30.3 Å². The van der Waals surface area contributed by atoms with E-state index in [2.05, 4.69) is 24.5 Å². The summed E-state index contributed by atoms with van der Waals surface area (Å²) in [6.07, 6.45) is 27.1. The van der Waals surface area contributed by atoms with Gasteiger partial charge in [0, 0.05) is 19.4 Å². The lowest BCUT2D eigenvalue weighted by molar-refractivity contribution is -0.138. The fraction of sp³-hybridized carbons (Fsp3) is 0.769. The number of hydrogen-bond acceptors (Lipinski definition) is 5. The Bertz CT molecular complexity index is 868. The number of rotatable bonds is 30. The molecule has 1 rings (SSSR count). The molecule has 7 N–H and O–H groups in total. The lowest BCUT2D eigenvalue weighted by Crippen LogP contribution is -2.48. The van der Waals surface area contributed by atoms with Crippen molar-refractivity contribution in [2.75, 3.05) is 13.1 Å². The Hall–Kier alpha value is -2.45. The Morgan fingerprint density at radius 3 is 1.66 bits per heavy atom. The minimum absolute atomic E-state index is 0.00189. The first-order valence-electron chi connectivity index (χ1n) is 19.1. The van der Waals surface area contributed by atoms with Crippen molar-refractivity contribution in [1.29, 1.82) is 0 Å². The maximum atomic E-state index is 12.9. The third-order valence-electron chi connectivity index (χ3n) is 8.56. The van der Waals surface area contributed by atoms with E-state index in [0.717, 1.165) is 44.1 Å². The van der Waals surface area contributed by atoms with Crippen LogP contribution in [0.1, 0.15) is 167 Å². The molecule has 1 aromatic carbocycles. The number of carbonyl (C=O) groups excluding carboxylic acids is 2. The van der Waals surface area contributed by atoms with Gasteiger partial charge in [-0.05, 0) is 37.8 Å². The lowest BCUT2D eigenvalue weighted by atomic mass is 10.0. The molecule has 0 heterocycles. The van der Waals surface area contributed by atoms with Crippen LogP contribution in [0.15, 0.2) is 30.3 Å². The Balaban J connectivity index is 0.00000181. The number of unbranched alkanes of at least 4 members (excludes halogenated alkanes) is 18. The molecule has 272 valence electrons. The van der Waals surface area contributed by atoms with Crippen LogP contribution < -0.4 is 22.1 Å². The van der Waals surface area contributed by atoms with Crippen LogP contribution in [-0.2, 0) is 20.8 Å². The minimum atomic E-state index is -0.933. The van der Waals surface area contributed by atoms with Crippen molar-refractivity contribution in [3.63, 3.8) is 0 Å². The summed E-state index contributed by atoms with van der Waals surface area (Å²) in [6, 6.07) is 8.77. The van der Waals surface area contributed by atoms with Crippen LogP contribution >= 0.6 is 0 Å². The van der Waals surface area contributed by atoms with Crippen molar-refractivity contribution in [1.82, 2.24) is 10.6 Å². The molecule has 0 aliphatic carbocycles. The van der Waals surface area contributed by atoms with E-state index in [4.69, 9.17) is 16.6 Å². The molecule has 2 amide bonds. The van der Waals surface area contributed by atoms with Crippen LogP contribution in [0.25, 0.3) is 0 Å². The summed E-state index contributed by atoms with van der Waals surface area (Å²) in [6.45, 7) is 5.80. The SMILES string of the molecule is CCCCCCCCCCCCNC(=O)C(Cc1ccccc1)NC(=O)CCCCCCCCCCC.NCCCCC(N)C(=O)O. The fourth-order valence-electron chi connectivity index (χ4n) is 5.50. The first kappa shape index (κ1) is 44.5. The Kier molecular flexibility index (Phi) is 31.7. The number of amides is 2. The highest BCUT2D eigenvalue weighted by Gasteiger charge is 2.20. The van der Waals surface area contributed by atoms with Gasteiger partial charge >= 0.3 is 5.97 Å². The highest BCUT2D eigenvalue weighted by atomic mass is 16.4. The highest BCUT2D eigenvalue weighted by Crippen LogP contribution is 2.12. The zero-order valence-corrected chi connectivity index (χ0v) is 30.3. The van der Waals surface area contributed by atoms with E-state index in [1.165, 1.54) is 96.3 Å². The van der Waals surface area contributed by atoms with Crippen molar-refractivity contribution in [3.8, 4) is 0 Å². The molecule has 0 bridgehead atoms. The molecule has 47 heavy (non-hydrogen) atoms. The first-order valence-corrected chi connectivity index (χ1v) is 19.1. The quantitative estimate of drug-likeness (QED) is 0.0526. The van der Waals surface area contributed by atoms with Gasteiger partial charge in [-0.15, -0.1) is 0 Å². The van der Waals surface area contributed by atoms with E-state index in [1.54, 1.807) is 0 Å². The van der Waals surface area contributed by atoms with Crippen LogP contribution in [0.5, 0.6) is 0 Å².